The van der Waals surface area contributed by atoms with Crippen molar-refractivity contribution in [2.24, 2.45) is 0 Å². The van der Waals surface area contributed by atoms with Crippen LogP contribution in [-0.2, 0) is 0 Å². The zero-order chi connectivity index (χ0) is 17.4. The number of nitrogens with zero attached hydrogens (tertiary/aromatic N) is 3. The van der Waals surface area contributed by atoms with Gasteiger partial charge in [0.1, 0.15) is 0 Å². The summed E-state index contributed by atoms with van der Waals surface area (Å²) in [5, 5.41) is 17.6. The fraction of sp³-hybridized carbons (Fsp3) is 0.500. The summed E-state index contributed by atoms with van der Waals surface area (Å²) in [6.45, 7) is 2.73. The molecule has 7 nitrogen and oxygen atoms in total. The van der Waals surface area contributed by atoms with Crippen LogP contribution in [0.4, 0.5) is 0 Å². The van der Waals surface area contributed by atoms with Crippen molar-refractivity contribution in [3.05, 3.63) is 40.3 Å². The summed E-state index contributed by atoms with van der Waals surface area (Å²) in [6, 6.07) is 7.27. The first-order chi connectivity index (χ1) is 12.1. The number of carbonyl (C=O) groups excluding carboxylic acids is 1. The molecule has 2 atom stereocenters. The van der Waals surface area contributed by atoms with Gasteiger partial charge < -0.3 is 10.0 Å². The van der Waals surface area contributed by atoms with Crippen molar-refractivity contribution in [1.82, 2.24) is 20.0 Å². The number of hydrogen-bond donors (Lipinski definition) is 2. The van der Waals surface area contributed by atoms with Crippen LogP contribution >= 0.6 is 0 Å². The van der Waals surface area contributed by atoms with Crippen LogP contribution < -0.4 is 5.56 Å². The highest BCUT2D eigenvalue weighted by atomic mass is 16.3. The number of H-pyrrole nitrogens is 1. The fourth-order valence-corrected chi connectivity index (χ4v) is 4.03. The summed E-state index contributed by atoms with van der Waals surface area (Å²) < 4.78 is 0. The lowest BCUT2D eigenvalue weighted by Crippen LogP contribution is -2.53. The summed E-state index contributed by atoms with van der Waals surface area (Å²) in [5.74, 6) is -0.154. The number of aliphatic hydroxyl groups is 1. The number of piperazine rings is 1. The highest BCUT2D eigenvalue weighted by Crippen LogP contribution is 2.25. The van der Waals surface area contributed by atoms with Gasteiger partial charge in [0.25, 0.3) is 11.5 Å². The van der Waals surface area contributed by atoms with E-state index in [1.165, 1.54) is 0 Å². The molecule has 2 aliphatic rings. The van der Waals surface area contributed by atoms with E-state index in [0.717, 1.165) is 32.4 Å². The lowest BCUT2D eigenvalue weighted by molar-refractivity contribution is 0.0313. The van der Waals surface area contributed by atoms with E-state index in [-0.39, 0.29) is 23.6 Å². The standard InChI is InChI=1S/C18H22N4O3/c23-15-7-3-6-14(15)21-8-10-22(11-9-21)18(25)16-12-4-1-2-5-13(12)17(24)20-19-16/h1-2,4-5,14-15,23H,3,6-11H2,(H,20,24)/t14-,15-/m1/s1. The number of amides is 1. The molecule has 2 heterocycles. The van der Waals surface area contributed by atoms with Gasteiger partial charge in [-0.25, -0.2) is 5.10 Å². The number of rotatable bonds is 2. The van der Waals surface area contributed by atoms with E-state index in [1.807, 2.05) is 0 Å². The van der Waals surface area contributed by atoms with E-state index in [1.54, 1.807) is 29.2 Å². The summed E-state index contributed by atoms with van der Waals surface area (Å²) in [5.41, 5.74) is 0.0109. The Labute approximate surface area is 145 Å². The van der Waals surface area contributed by atoms with Crippen LogP contribution in [0.1, 0.15) is 29.8 Å². The normalized spacial score (nSPS) is 24.8. The van der Waals surface area contributed by atoms with Crippen molar-refractivity contribution in [3.63, 3.8) is 0 Å². The molecular formula is C18H22N4O3. The zero-order valence-corrected chi connectivity index (χ0v) is 14.0. The minimum atomic E-state index is -0.285. The van der Waals surface area contributed by atoms with Gasteiger partial charge in [-0.1, -0.05) is 18.2 Å². The van der Waals surface area contributed by atoms with Gasteiger partial charge in [-0.2, -0.15) is 5.10 Å². The average molecular weight is 342 g/mol. The number of aliphatic hydroxyl groups excluding tert-OH is 1. The Bertz CT molecular complexity index is 842. The van der Waals surface area contributed by atoms with Gasteiger partial charge in [-0.3, -0.25) is 14.5 Å². The van der Waals surface area contributed by atoms with E-state index in [2.05, 4.69) is 15.1 Å². The second kappa shape index (κ2) is 6.57. The molecule has 4 rings (SSSR count). The molecule has 1 aromatic carbocycles. The average Bonchev–Trinajstić information content (AvgIpc) is 3.08. The maximum Gasteiger partial charge on any atom is 0.275 e. The number of benzene rings is 1. The lowest BCUT2D eigenvalue weighted by Gasteiger charge is -2.39. The third-order valence-electron chi connectivity index (χ3n) is 5.41. The van der Waals surface area contributed by atoms with Crippen LogP contribution in [0.15, 0.2) is 29.1 Å². The molecule has 2 N–H and O–H groups in total. The highest BCUT2D eigenvalue weighted by molar-refractivity contribution is 6.04. The first-order valence-electron chi connectivity index (χ1n) is 8.84. The smallest absolute Gasteiger partial charge is 0.275 e. The van der Waals surface area contributed by atoms with Crippen LogP contribution in [0.3, 0.4) is 0 Å². The van der Waals surface area contributed by atoms with Crippen LogP contribution in [-0.4, -0.2) is 69.3 Å². The Morgan fingerprint density at radius 2 is 1.84 bits per heavy atom. The molecule has 2 aromatic rings. The summed E-state index contributed by atoms with van der Waals surface area (Å²) in [6.07, 6.45) is 2.73. The van der Waals surface area contributed by atoms with Gasteiger partial charge in [0, 0.05) is 37.6 Å². The predicted molar refractivity (Wildman–Crippen MR) is 93.5 cm³/mol. The monoisotopic (exact) mass is 342 g/mol. The summed E-state index contributed by atoms with van der Waals surface area (Å²) >= 11 is 0. The minimum Gasteiger partial charge on any atom is -0.391 e. The highest BCUT2D eigenvalue weighted by Gasteiger charge is 2.34. The van der Waals surface area contributed by atoms with Crippen molar-refractivity contribution in [2.45, 2.75) is 31.4 Å². The Hall–Kier alpha value is -2.25. The van der Waals surface area contributed by atoms with Crippen LogP contribution in [0.5, 0.6) is 0 Å². The predicted octanol–water partition coefficient (Wildman–Crippen LogP) is 0.594. The van der Waals surface area contributed by atoms with E-state index in [9.17, 15) is 14.7 Å². The molecule has 1 saturated carbocycles. The molecular weight excluding hydrogens is 320 g/mol. The van der Waals surface area contributed by atoms with Gasteiger partial charge >= 0.3 is 0 Å². The fourth-order valence-electron chi connectivity index (χ4n) is 4.03. The van der Waals surface area contributed by atoms with Gasteiger partial charge in [0.15, 0.2) is 5.69 Å². The zero-order valence-electron chi connectivity index (χ0n) is 14.0. The van der Waals surface area contributed by atoms with Crippen molar-refractivity contribution in [1.29, 1.82) is 0 Å². The number of hydrogen-bond acceptors (Lipinski definition) is 5. The molecule has 1 aromatic heterocycles. The first-order valence-corrected chi connectivity index (χ1v) is 8.84. The molecule has 0 spiro atoms. The van der Waals surface area contributed by atoms with Gasteiger partial charge in [0.2, 0.25) is 0 Å². The topological polar surface area (TPSA) is 89.5 Å². The van der Waals surface area contributed by atoms with Crippen LogP contribution in [0, 0.1) is 0 Å². The molecule has 25 heavy (non-hydrogen) atoms. The van der Waals surface area contributed by atoms with Crippen molar-refractivity contribution >= 4 is 16.7 Å². The third-order valence-corrected chi connectivity index (χ3v) is 5.41. The maximum atomic E-state index is 12.9. The molecule has 1 saturated heterocycles. The molecule has 132 valence electrons. The molecule has 7 heteroatoms. The molecule has 1 aliphatic heterocycles. The van der Waals surface area contributed by atoms with E-state index < -0.39 is 0 Å². The molecule has 0 bridgehead atoms. The Morgan fingerprint density at radius 3 is 2.52 bits per heavy atom. The molecule has 0 unspecified atom stereocenters. The van der Waals surface area contributed by atoms with Crippen LogP contribution in [0.25, 0.3) is 10.8 Å². The SMILES string of the molecule is O=C(c1n[nH]c(=O)c2ccccc12)N1CCN([C@@H]2CCC[C@H]2O)CC1. The van der Waals surface area contributed by atoms with Gasteiger partial charge in [0.05, 0.1) is 11.5 Å². The lowest BCUT2D eigenvalue weighted by atomic mass is 10.1. The summed E-state index contributed by atoms with van der Waals surface area (Å²) in [7, 11) is 0. The molecule has 2 fully saturated rings. The number of aromatic amines is 1. The molecule has 0 radical (unpaired) electrons. The van der Waals surface area contributed by atoms with Crippen molar-refractivity contribution in [2.75, 3.05) is 26.2 Å². The number of aromatic nitrogens is 2. The van der Waals surface area contributed by atoms with E-state index in [0.29, 0.717) is 29.6 Å². The van der Waals surface area contributed by atoms with Crippen molar-refractivity contribution < 1.29 is 9.90 Å². The van der Waals surface area contributed by atoms with Gasteiger partial charge in [-0.05, 0) is 25.3 Å². The molecule has 1 amide bonds. The number of nitrogens with one attached hydrogen (secondary N) is 1. The minimum absolute atomic E-state index is 0.154. The summed E-state index contributed by atoms with van der Waals surface area (Å²) in [4.78, 5) is 28.8. The number of carbonyl (C=O) groups is 1. The van der Waals surface area contributed by atoms with Gasteiger partial charge in [-0.15, -0.1) is 0 Å². The third kappa shape index (κ3) is 2.94. The van der Waals surface area contributed by atoms with Crippen LogP contribution in [0.2, 0.25) is 0 Å². The quantitative estimate of drug-likeness (QED) is 0.834. The second-order valence-electron chi connectivity index (χ2n) is 6.84. The second-order valence-corrected chi connectivity index (χ2v) is 6.84. The first kappa shape index (κ1) is 16.2. The number of fused-ring (bicyclic) bond motifs is 1. The van der Waals surface area contributed by atoms with E-state index >= 15 is 0 Å². The van der Waals surface area contributed by atoms with Crippen molar-refractivity contribution in [3.8, 4) is 0 Å². The maximum absolute atomic E-state index is 12.9. The Morgan fingerprint density at radius 1 is 1.12 bits per heavy atom. The largest absolute Gasteiger partial charge is 0.391 e. The molecule has 1 aliphatic carbocycles. The Kier molecular flexibility index (Phi) is 4.27. The van der Waals surface area contributed by atoms with E-state index in [4.69, 9.17) is 0 Å². The Balaban J connectivity index is 1.51.